The molecule has 1 aromatic carbocycles. The number of anilines is 1. The molecule has 1 atom stereocenters. The average molecular weight is 358 g/mol. The zero-order chi connectivity index (χ0) is 18.0. The van der Waals surface area contributed by atoms with Gasteiger partial charge in [0.25, 0.3) is 0 Å². The van der Waals surface area contributed by atoms with Gasteiger partial charge in [-0.1, -0.05) is 12.1 Å². The van der Waals surface area contributed by atoms with Crippen LogP contribution in [0.3, 0.4) is 0 Å². The van der Waals surface area contributed by atoms with E-state index in [0.717, 1.165) is 17.4 Å². The van der Waals surface area contributed by atoms with Crippen molar-refractivity contribution in [1.29, 1.82) is 5.26 Å². The van der Waals surface area contributed by atoms with Gasteiger partial charge < -0.3 is 5.73 Å². The molecule has 9 heteroatoms. The van der Waals surface area contributed by atoms with Gasteiger partial charge in [-0.05, 0) is 17.7 Å². The summed E-state index contributed by atoms with van der Waals surface area (Å²) >= 11 is 0. The Morgan fingerprint density at radius 3 is 2.76 bits per heavy atom. The Morgan fingerprint density at radius 1 is 1.40 bits per heavy atom. The summed E-state index contributed by atoms with van der Waals surface area (Å²) in [6.45, 7) is 1.65. The zero-order valence-corrected chi connectivity index (χ0v) is 14.5. The van der Waals surface area contributed by atoms with E-state index in [9.17, 15) is 8.42 Å². The first-order valence-electron chi connectivity index (χ1n) is 7.64. The van der Waals surface area contributed by atoms with Gasteiger partial charge in [0.15, 0.2) is 0 Å². The summed E-state index contributed by atoms with van der Waals surface area (Å²) in [5.41, 5.74) is 8.77. The summed E-state index contributed by atoms with van der Waals surface area (Å²) < 4.78 is 26.0. The third-order valence-electron chi connectivity index (χ3n) is 3.95. The molecule has 1 aliphatic rings. The number of nitriles is 1. The molecule has 1 aromatic heterocycles. The fourth-order valence-corrected chi connectivity index (χ4v) is 3.63. The van der Waals surface area contributed by atoms with Crippen LogP contribution in [0.2, 0.25) is 0 Å². The molecule has 1 aliphatic heterocycles. The van der Waals surface area contributed by atoms with Gasteiger partial charge in [0, 0.05) is 31.4 Å². The van der Waals surface area contributed by atoms with E-state index in [-0.39, 0.29) is 5.95 Å². The van der Waals surface area contributed by atoms with Crippen LogP contribution in [0.25, 0.3) is 0 Å². The lowest BCUT2D eigenvalue weighted by Gasteiger charge is -2.33. The van der Waals surface area contributed by atoms with E-state index in [4.69, 9.17) is 11.0 Å². The number of sulfonamides is 1. The van der Waals surface area contributed by atoms with Crippen molar-refractivity contribution in [3.8, 4) is 6.07 Å². The number of hydrogen-bond donors (Lipinski definition) is 2. The summed E-state index contributed by atoms with van der Waals surface area (Å²) in [5, 5.41) is 8.88. The molecular weight excluding hydrogens is 340 g/mol. The quantitative estimate of drug-likeness (QED) is 0.817. The smallest absolute Gasteiger partial charge is 0.220 e. The predicted molar refractivity (Wildman–Crippen MR) is 92.4 cm³/mol. The Bertz CT molecular complexity index is 921. The number of nitrogens with zero attached hydrogens (tertiary/aromatic N) is 4. The summed E-state index contributed by atoms with van der Waals surface area (Å²) in [6.07, 6.45) is 2.71. The van der Waals surface area contributed by atoms with Crippen molar-refractivity contribution in [3.63, 3.8) is 0 Å². The van der Waals surface area contributed by atoms with E-state index in [1.54, 1.807) is 18.3 Å². The van der Waals surface area contributed by atoms with E-state index in [2.05, 4.69) is 25.7 Å². The van der Waals surface area contributed by atoms with Crippen LogP contribution >= 0.6 is 0 Å². The largest absolute Gasteiger partial charge is 0.368 e. The Labute approximate surface area is 146 Å². The van der Waals surface area contributed by atoms with Gasteiger partial charge in [0.2, 0.25) is 16.0 Å². The molecule has 8 nitrogen and oxygen atoms in total. The van der Waals surface area contributed by atoms with Crippen LogP contribution in [0.4, 0.5) is 5.95 Å². The highest BCUT2D eigenvalue weighted by atomic mass is 32.2. The molecular formula is C16H18N6O2S. The van der Waals surface area contributed by atoms with Gasteiger partial charge in [0.05, 0.1) is 29.6 Å². The van der Waals surface area contributed by atoms with Crippen molar-refractivity contribution >= 4 is 16.0 Å². The van der Waals surface area contributed by atoms with Crippen LogP contribution in [-0.4, -0.2) is 36.1 Å². The second-order valence-corrected chi connectivity index (χ2v) is 7.83. The monoisotopic (exact) mass is 358 g/mol. The number of fused-ring (bicyclic) bond motifs is 1. The van der Waals surface area contributed by atoms with Gasteiger partial charge in [-0.15, -0.1) is 0 Å². The van der Waals surface area contributed by atoms with Gasteiger partial charge in [0.1, 0.15) is 0 Å². The first kappa shape index (κ1) is 17.3. The molecule has 130 valence electrons. The van der Waals surface area contributed by atoms with Crippen molar-refractivity contribution < 1.29 is 8.42 Å². The standard InChI is InChI=1S/C16H18N6O2S/c1-25(23,24)21-15-10-22(8-12-4-2-11(6-17)3-5-12)9-14-13(15)7-19-16(18)20-14/h2-5,7,15,21H,8-10H2,1H3,(H2,18,19,20)/t15-/m0/s1. The summed E-state index contributed by atoms with van der Waals surface area (Å²) in [5.74, 6) is 0.164. The number of rotatable bonds is 4. The lowest BCUT2D eigenvalue weighted by Crippen LogP contribution is -2.41. The van der Waals surface area contributed by atoms with E-state index in [0.29, 0.717) is 30.9 Å². The Kier molecular flexibility index (Phi) is 4.67. The van der Waals surface area contributed by atoms with Crippen LogP contribution in [0, 0.1) is 11.3 Å². The number of hydrogen-bond acceptors (Lipinski definition) is 7. The molecule has 0 bridgehead atoms. The Morgan fingerprint density at radius 2 is 2.12 bits per heavy atom. The Hall–Kier alpha value is -2.54. The lowest BCUT2D eigenvalue weighted by atomic mass is 10.0. The number of nitrogen functional groups attached to an aromatic ring is 1. The van der Waals surface area contributed by atoms with E-state index in [1.807, 2.05) is 12.1 Å². The molecule has 0 amide bonds. The maximum absolute atomic E-state index is 11.7. The fraction of sp³-hybridized carbons (Fsp3) is 0.312. The molecule has 3 N–H and O–H groups in total. The normalized spacial score (nSPS) is 17.7. The Balaban J connectivity index is 1.85. The van der Waals surface area contributed by atoms with Crippen molar-refractivity contribution in [3.05, 3.63) is 52.8 Å². The molecule has 3 rings (SSSR count). The minimum atomic E-state index is -3.38. The van der Waals surface area contributed by atoms with Crippen LogP contribution in [0.5, 0.6) is 0 Å². The van der Waals surface area contributed by atoms with Crippen molar-refractivity contribution in [2.24, 2.45) is 0 Å². The zero-order valence-electron chi connectivity index (χ0n) is 13.7. The lowest BCUT2D eigenvalue weighted by molar-refractivity contribution is 0.213. The second-order valence-electron chi connectivity index (χ2n) is 6.05. The number of nitrogens with two attached hydrogens (primary N) is 1. The third kappa shape index (κ3) is 4.30. The average Bonchev–Trinajstić information content (AvgIpc) is 2.53. The third-order valence-corrected chi connectivity index (χ3v) is 4.67. The molecule has 0 radical (unpaired) electrons. The summed E-state index contributed by atoms with van der Waals surface area (Å²) in [4.78, 5) is 10.3. The SMILES string of the molecule is CS(=O)(=O)N[C@H]1CN(Cc2ccc(C#N)cc2)Cc2nc(N)ncc21. The summed E-state index contributed by atoms with van der Waals surface area (Å²) in [6, 6.07) is 8.96. The number of nitrogens with one attached hydrogen (secondary N) is 1. The van der Waals surface area contributed by atoms with Crippen molar-refractivity contribution in [2.75, 3.05) is 18.5 Å². The van der Waals surface area contributed by atoms with Crippen LogP contribution in [0.1, 0.15) is 28.4 Å². The maximum atomic E-state index is 11.7. The van der Waals surface area contributed by atoms with Gasteiger partial charge >= 0.3 is 0 Å². The van der Waals surface area contributed by atoms with Crippen molar-refractivity contribution in [1.82, 2.24) is 19.6 Å². The second kappa shape index (κ2) is 6.76. The molecule has 0 saturated heterocycles. The van der Waals surface area contributed by atoms with E-state index in [1.165, 1.54) is 0 Å². The minimum Gasteiger partial charge on any atom is -0.368 e. The van der Waals surface area contributed by atoms with Crippen LogP contribution < -0.4 is 10.5 Å². The number of benzene rings is 1. The highest BCUT2D eigenvalue weighted by Crippen LogP contribution is 2.27. The topological polar surface area (TPSA) is 125 Å². The van der Waals surface area contributed by atoms with E-state index < -0.39 is 16.1 Å². The molecule has 0 unspecified atom stereocenters. The van der Waals surface area contributed by atoms with Gasteiger partial charge in [-0.25, -0.2) is 23.1 Å². The van der Waals surface area contributed by atoms with Crippen LogP contribution in [-0.2, 0) is 23.1 Å². The fourth-order valence-electron chi connectivity index (χ4n) is 2.92. The highest BCUT2D eigenvalue weighted by Gasteiger charge is 2.29. The molecule has 0 fully saturated rings. The molecule has 25 heavy (non-hydrogen) atoms. The van der Waals surface area contributed by atoms with Crippen LogP contribution in [0.15, 0.2) is 30.5 Å². The molecule has 2 aromatic rings. The molecule has 0 spiro atoms. The van der Waals surface area contributed by atoms with E-state index >= 15 is 0 Å². The highest BCUT2D eigenvalue weighted by molar-refractivity contribution is 7.88. The molecule has 0 aliphatic carbocycles. The van der Waals surface area contributed by atoms with Crippen molar-refractivity contribution in [2.45, 2.75) is 19.1 Å². The number of aromatic nitrogens is 2. The minimum absolute atomic E-state index is 0.164. The molecule has 0 saturated carbocycles. The molecule has 2 heterocycles. The van der Waals surface area contributed by atoms with Gasteiger partial charge in [-0.2, -0.15) is 5.26 Å². The first-order valence-corrected chi connectivity index (χ1v) is 9.53. The first-order chi connectivity index (χ1) is 11.8. The summed E-state index contributed by atoms with van der Waals surface area (Å²) in [7, 11) is -3.38. The maximum Gasteiger partial charge on any atom is 0.220 e. The van der Waals surface area contributed by atoms with Gasteiger partial charge in [-0.3, -0.25) is 4.90 Å². The predicted octanol–water partition coefficient (Wildman–Crippen LogP) is 0.537.